The number of fused-ring (bicyclic) bond motifs is 1. The summed E-state index contributed by atoms with van der Waals surface area (Å²) < 4.78 is 36.6. The SMILES string of the molecule is COc1cccc(F)c1-c1c(Cl)cc2c(=O)n(C3CCCCC3)cnc2c1F. The van der Waals surface area contributed by atoms with Gasteiger partial charge in [0, 0.05) is 11.6 Å². The van der Waals surface area contributed by atoms with Crippen LogP contribution in [-0.4, -0.2) is 16.7 Å². The minimum Gasteiger partial charge on any atom is -0.496 e. The van der Waals surface area contributed by atoms with E-state index in [-0.39, 0.29) is 44.4 Å². The van der Waals surface area contributed by atoms with Gasteiger partial charge in [0.1, 0.15) is 17.1 Å². The Kier molecular flexibility index (Phi) is 5.06. The second kappa shape index (κ2) is 7.51. The van der Waals surface area contributed by atoms with Crippen LogP contribution in [0.4, 0.5) is 8.78 Å². The van der Waals surface area contributed by atoms with E-state index in [9.17, 15) is 9.18 Å². The van der Waals surface area contributed by atoms with E-state index < -0.39 is 11.6 Å². The minimum absolute atomic E-state index is 0.0614. The summed E-state index contributed by atoms with van der Waals surface area (Å²) in [6.07, 6.45) is 6.44. The molecule has 1 heterocycles. The van der Waals surface area contributed by atoms with Gasteiger partial charge in [0.2, 0.25) is 0 Å². The molecule has 1 fully saturated rings. The lowest BCUT2D eigenvalue weighted by Crippen LogP contribution is -2.27. The molecule has 0 N–H and O–H groups in total. The van der Waals surface area contributed by atoms with E-state index in [0.717, 1.165) is 32.1 Å². The molecule has 0 radical (unpaired) electrons. The molecule has 4 nitrogen and oxygen atoms in total. The van der Waals surface area contributed by atoms with Crippen molar-refractivity contribution in [1.29, 1.82) is 0 Å². The third kappa shape index (κ3) is 3.05. The Morgan fingerprint density at radius 1 is 1.18 bits per heavy atom. The van der Waals surface area contributed by atoms with Gasteiger partial charge in [-0.15, -0.1) is 0 Å². The van der Waals surface area contributed by atoms with E-state index in [0.29, 0.717) is 0 Å². The van der Waals surface area contributed by atoms with Crippen LogP contribution in [0.5, 0.6) is 5.75 Å². The quantitative estimate of drug-likeness (QED) is 0.578. The second-order valence-corrected chi connectivity index (χ2v) is 7.42. The molecule has 3 aromatic rings. The average molecular weight is 405 g/mol. The van der Waals surface area contributed by atoms with Crippen molar-refractivity contribution < 1.29 is 13.5 Å². The van der Waals surface area contributed by atoms with Crippen LogP contribution in [-0.2, 0) is 0 Å². The molecular weight excluding hydrogens is 386 g/mol. The van der Waals surface area contributed by atoms with Gasteiger partial charge in [0.15, 0.2) is 5.82 Å². The molecule has 146 valence electrons. The molecule has 4 rings (SSSR count). The van der Waals surface area contributed by atoms with Crippen LogP contribution >= 0.6 is 11.6 Å². The Labute approximate surface area is 165 Å². The molecule has 0 bridgehead atoms. The average Bonchev–Trinajstić information content (AvgIpc) is 2.70. The van der Waals surface area contributed by atoms with Gasteiger partial charge in [0.05, 0.1) is 29.4 Å². The molecule has 1 aliphatic rings. The third-order valence-electron chi connectivity index (χ3n) is 5.38. The zero-order valence-corrected chi connectivity index (χ0v) is 16.1. The monoisotopic (exact) mass is 404 g/mol. The minimum atomic E-state index is -0.834. The molecule has 28 heavy (non-hydrogen) atoms. The molecule has 1 saturated carbocycles. The molecule has 0 saturated heterocycles. The lowest BCUT2D eigenvalue weighted by Gasteiger charge is -2.24. The Bertz CT molecular complexity index is 1110. The predicted molar refractivity (Wildman–Crippen MR) is 105 cm³/mol. The lowest BCUT2D eigenvalue weighted by molar-refractivity contribution is 0.345. The van der Waals surface area contributed by atoms with Gasteiger partial charge in [0.25, 0.3) is 5.56 Å². The van der Waals surface area contributed by atoms with Crippen LogP contribution in [0.2, 0.25) is 5.02 Å². The van der Waals surface area contributed by atoms with E-state index in [2.05, 4.69) is 4.98 Å². The zero-order valence-electron chi connectivity index (χ0n) is 15.3. The summed E-state index contributed by atoms with van der Waals surface area (Å²) in [5, 5.41) is 0.0309. The number of methoxy groups -OCH3 is 1. The zero-order chi connectivity index (χ0) is 19.8. The first-order chi connectivity index (χ1) is 13.5. The molecule has 0 spiro atoms. The second-order valence-electron chi connectivity index (χ2n) is 7.01. The van der Waals surface area contributed by atoms with Gasteiger partial charge in [-0.2, -0.15) is 0 Å². The molecule has 0 amide bonds. The van der Waals surface area contributed by atoms with Crippen molar-refractivity contribution in [1.82, 2.24) is 9.55 Å². The summed E-state index contributed by atoms with van der Waals surface area (Å²) in [5.41, 5.74) is -0.703. The normalized spacial score (nSPS) is 15.1. The van der Waals surface area contributed by atoms with Gasteiger partial charge in [-0.3, -0.25) is 9.36 Å². The molecule has 0 aliphatic heterocycles. The van der Waals surface area contributed by atoms with Gasteiger partial charge in [-0.25, -0.2) is 13.8 Å². The van der Waals surface area contributed by atoms with E-state index in [1.807, 2.05) is 0 Å². The fourth-order valence-electron chi connectivity index (χ4n) is 3.97. The predicted octanol–water partition coefficient (Wildman–Crippen LogP) is 5.51. The number of hydrogen-bond acceptors (Lipinski definition) is 3. The standard InChI is InChI=1S/C21H19ClF2N2O2/c1-28-16-9-5-8-15(23)18(16)17-14(22)10-13-20(19(17)24)25-11-26(21(13)27)12-6-3-2-4-7-12/h5,8-12H,2-4,6-7H2,1H3. The summed E-state index contributed by atoms with van der Waals surface area (Å²) in [6, 6.07) is 5.62. The first-order valence-electron chi connectivity index (χ1n) is 9.24. The van der Waals surface area contributed by atoms with Crippen molar-refractivity contribution in [2.75, 3.05) is 7.11 Å². The summed E-state index contributed by atoms with van der Waals surface area (Å²) in [5.74, 6) is -1.36. The molecule has 7 heteroatoms. The van der Waals surface area contributed by atoms with Gasteiger partial charge in [-0.1, -0.05) is 36.9 Å². The van der Waals surface area contributed by atoms with Crippen molar-refractivity contribution in [2.45, 2.75) is 38.1 Å². The van der Waals surface area contributed by atoms with Crippen LogP contribution in [0.3, 0.4) is 0 Å². The van der Waals surface area contributed by atoms with Crippen LogP contribution in [0.1, 0.15) is 38.1 Å². The Hall–Kier alpha value is -2.47. The number of hydrogen-bond donors (Lipinski definition) is 0. The Morgan fingerprint density at radius 3 is 2.64 bits per heavy atom. The summed E-state index contributed by atoms with van der Waals surface area (Å²) in [4.78, 5) is 17.2. The molecule has 1 aromatic heterocycles. The smallest absolute Gasteiger partial charge is 0.261 e. The van der Waals surface area contributed by atoms with Crippen molar-refractivity contribution >= 4 is 22.5 Å². The van der Waals surface area contributed by atoms with Crippen LogP contribution < -0.4 is 10.3 Å². The first kappa shape index (κ1) is 18.9. The van der Waals surface area contributed by atoms with E-state index >= 15 is 4.39 Å². The molecule has 0 atom stereocenters. The van der Waals surface area contributed by atoms with Crippen molar-refractivity contribution in [3.05, 3.63) is 57.6 Å². The number of benzene rings is 2. The highest BCUT2D eigenvalue weighted by atomic mass is 35.5. The largest absolute Gasteiger partial charge is 0.496 e. The van der Waals surface area contributed by atoms with Crippen molar-refractivity contribution in [2.24, 2.45) is 0 Å². The first-order valence-corrected chi connectivity index (χ1v) is 9.62. The molecule has 0 unspecified atom stereocenters. The van der Waals surface area contributed by atoms with Gasteiger partial charge in [-0.05, 0) is 31.0 Å². The number of nitrogens with zero attached hydrogens (tertiary/aromatic N) is 2. The van der Waals surface area contributed by atoms with Gasteiger partial charge >= 0.3 is 0 Å². The van der Waals surface area contributed by atoms with Crippen LogP contribution in [0, 0.1) is 11.6 Å². The fraction of sp³-hybridized carbons (Fsp3) is 0.333. The van der Waals surface area contributed by atoms with Crippen LogP contribution in [0.25, 0.3) is 22.0 Å². The number of ether oxygens (including phenoxy) is 1. The lowest BCUT2D eigenvalue weighted by atomic mass is 9.95. The maximum absolute atomic E-state index is 15.3. The number of rotatable bonds is 3. The topological polar surface area (TPSA) is 44.1 Å². The maximum Gasteiger partial charge on any atom is 0.261 e. The maximum atomic E-state index is 15.3. The number of halogens is 3. The molecule has 2 aromatic carbocycles. The van der Waals surface area contributed by atoms with E-state index in [1.54, 1.807) is 4.57 Å². The highest BCUT2D eigenvalue weighted by Crippen LogP contribution is 2.40. The van der Waals surface area contributed by atoms with E-state index in [1.165, 1.54) is 37.7 Å². The van der Waals surface area contributed by atoms with Crippen LogP contribution in [0.15, 0.2) is 35.4 Å². The summed E-state index contributed by atoms with van der Waals surface area (Å²) >= 11 is 6.32. The summed E-state index contributed by atoms with van der Waals surface area (Å²) in [7, 11) is 1.37. The van der Waals surface area contributed by atoms with Gasteiger partial charge < -0.3 is 4.74 Å². The Balaban J connectivity index is 1.94. The third-order valence-corrected chi connectivity index (χ3v) is 5.68. The fourth-order valence-corrected chi connectivity index (χ4v) is 4.26. The highest BCUT2D eigenvalue weighted by molar-refractivity contribution is 6.34. The summed E-state index contributed by atoms with van der Waals surface area (Å²) in [6.45, 7) is 0. The number of aromatic nitrogens is 2. The molecular formula is C21H19ClF2N2O2. The Morgan fingerprint density at radius 2 is 1.93 bits per heavy atom. The van der Waals surface area contributed by atoms with Crippen molar-refractivity contribution in [3.63, 3.8) is 0 Å². The molecule has 1 aliphatic carbocycles. The van der Waals surface area contributed by atoms with Crippen molar-refractivity contribution in [3.8, 4) is 16.9 Å². The van der Waals surface area contributed by atoms with E-state index in [4.69, 9.17) is 16.3 Å². The highest BCUT2D eigenvalue weighted by Gasteiger charge is 2.24.